The summed E-state index contributed by atoms with van der Waals surface area (Å²) >= 11 is 5.36. The van der Waals surface area contributed by atoms with Gasteiger partial charge in [-0.05, 0) is 43.8 Å². The number of ether oxygens (including phenoxy) is 1. The molecule has 2 aliphatic rings. The normalized spacial score (nSPS) is 25.9. The highest BCUT2D eigenvalue weighted by Crippen LogP contribution is 2.52. The molecule has 0 aromatic heterocycles. The van der Waals surface area contributed by atoms with E-state index in [1.54, 1.807) is 24.3 Å². The van der Waals surface area contributed by atoms with Crippen molar-refractivity contribution in [1.29, 1.82) is 0 Å². The molecule has 7 heteroatoms. The number of phenols is 2. The van der Waals surface area contributed by atoms with Gasteiger partial charge in [0.05, 0.1) is 0 Å². The van der Waals surface area contributed by atoms with Crippen LogP contribution in [0, 0.1) is 5.82 Å². The molecular weight excluding hydrogens is 367 g/mol. The molecule has 4 N–H and O–H groups in total. The van der Waals surface area contributed by atoms with E-state index >= 15 is 0 Å². The summed E-state index contributed by atoms with van der Waals surface area (Å²) in [5, 5.41) is 27.2. The van der Waals surface area contributed by atoms with Gasteiger partial charge in [-0.15, -0.1) is 0 Å². The number of benzene rings is 2. The van der Waals surface area contributed by atoms with Gasteiger partial charge >= 0.3 is 0 Å². The first kappa shape index (κ1) is 17.9. The summed E-state index contributed by atoms with van der Waals surface area (Å²) in [5.74, 6) is -1.17. The number of hydrogen-bond donors (Lipinski definition) is 4. The molecule has 2 heterocycles. The Labute approximate surface area is 162 Å². The van der Waals surface area contributed by atoms with Crippen molar-refractivity contribution >= 4 is 17.3 Å². The predicted octanol–water partition coefficient (Wildman–Crippen LogP) is 3.49. The standard InChI is InChI=1S/C20H21FN2O3S/c1-19(2)10-20(23-18(27)22-19)9-13(11-5-3-4-6-14(11)21)12-7-8-15(24)16(25)17(12)26-20/h3-8,13,24-25H,9-10H2,1-2H3,(H2,22,23,27)/t13-,20+/m1/s1. The van der Waals surface area contributed by atoms with Crippen LogP contribution in [-0.4, -0.2) is 26.6 Å². The van der Waals surface area contributed by atoms with E-state index in [0.29, 0.717) is 29.1 Å². The van der Waals surface area contributed by atoms with Gasteiger partial charge in [-0.25, -0.2) is 4.39 Å². The molecule has 2 aliphatic heterocycles. The van der Waals surface area contributed by atoms with Crippen LogP contribution in [0.5, 0.6) is 17.2 Å². The summed E-state index contributed by atoms with van der Waals surface area (Å²) in [5.41, 5.74) is -0.149. The average molecular weight is 388 g/mol. The Morgan fingerprint density at radius 2 is 1.85 bits per heavy atom. The zero-order chi connectivity index (χ0) is 19.4. The van der Waals surface area contributed by atoms with Gasteiger partial charge in [0.1, 0.15) is 5.82 Å². The van der Waals surface area contributed by atoms with E-state index in [9.17, 15) is 14.6 Å². The summed E-state index contributed by atoms with van der Waals surface area (Å²) in [4.78, 5) is 0. The predicted molar refractivity (Wildman–Crippen MR) is 104 cm³/mol. The van der Waals surface area contributed by atoms with Crippen molar-refractivity contribution in [2.75, 3.05) is 0 Å². The van der Waals surface area contributed by atoms with Crippen molar-refractivity contribution in [3.8, 4) is 17.2 Å². The lowest BCUT2D eigenvalue weighted by Crippen LogP contribution is -2.69. The first-order chi connectivity index (χ1) is 12.7. The quantitative estimate of drug-likeness (QED) is 0.443. The third-order valence-electron chi connectivity index (χ3n) is 5.15. The maximum Gasteiger partial charge on any atom is 0.200 e. The third-order valence-corrected chi connectivity index (χ3v) is 5.35. The van der Waals surface area contributed by atoms with Gasteiger partial charge in [0, 0.05) is 29.9 Å². The Morgan fingerprint density at radius 3 is 2.56 bits per heavy atom. The Balaban J connectivity index is 1.89. The fourth-order valence-corrected chi connectivity index (χ4v) is 4.66. The number of halogens is 1. The van der Waals surface area contributed by atoms with Crippen LogP contribution in [0.15, 0.2) is 36.4 Å². The van der Waals surface area contributed by atoms with E-state index < -0.39 is 5.72 Å². The first-order valence-corrected chi connectivity index (χ1v) is 9.19. The molecule has 2 atom stereocenters. The SMILES string of the molecule is CC1(C)C[C@@]2(C[C@H](c3ccccc3F)c3ccc(O)c(O)c3O2)NC(=S)N1. The Morgan fingerprint density at radius 1 is 1.11 bits per heavy atom. The molecule has 0 radical (unpaired) electrons. The van der Waals surface area contributed by atoms with E-state index in [4.69, 9.17) is 17.0 Å². The molecule has 1 saturated heterocycles. The lowest BCUT2D eigenvalue weighted by molar-refractivity contribution is -0.0152. The van der Waals surface area contributed by atoms with Crippen molar-refractivity contribution in [1.82, 2.24) is 10.6 Å². The van der Waals surface area contributed by atoms with Crippen LogP contribution in [0.1, 0.15) is 43.7 Å². The number of hydrogen-bond acceptors (Lipinski definition) is 4. The zero-order valence-electron chi connectivity index (χ0n) is 15.0. The topological polar surface area (TPSA) is 73.8 Å². The molecule has 0 unspecified atom stereocenters. The lowest BCUT2D eigenvalue weighted by atomic mass is 9.77. The maximum atomic E-state index is 14.6. The van der Waals surface area contributed by atoms with Crippen molar-refractivity contribution in [3.05, 3.63) is 53.3 Å². The Kier molecular flexibility index (Phi) is 3.96. The Hall–Kier alpha value is -2.54. The smallest absolute Gasteiger partial charge is 0.200 e. The average Bonchev–Trinajstić information content (AvgIpc) is 2.56. The van der Waals surface area contributed by atoms with Gasteiger partial charge < -0.3 is 25.6 Å². The van der Waals surface area contributed by atoms with E-state index in [1.807, 2.05) is 13.8 Å². The summed E-state index contributed by atoms with van der Waals surface area (Å²) in [6.07, 6.45) is 0.954. The number of nitrogens with one attached hydrogen (secondary N) is 2. The monoisotopic (exact) mass is 388 g/mol. The molecule has 0 amide bonds. The lowest BCUT2D eigenvalue weighted by Gasteiger charge is -2.50. The van der Waals surface area contributed by atoms with Crippen molar-refractivity contribution in [2.45, 2.75) is 43.9 Å². The van der Waals surface area contributed by atoms with Crippen LogP contribution in [-0.2, 0) is 0 Å². The van der Waals surface area contributed by atoms with Crippen molar-refractivity contribution < 1.29 is 19.3 Å². The minimum atomic E-state index is -0.933. The summed E-state index contributed by atoms with van der Waals surface area (Å²) in [7, 11) is 0. The van der Waals surface area contributed by atoms with Crippen molar-refractivity contribution in [2.24, 2.45) is 0 Å². The number of rotatable bonds is 1. The number of fused-ring (bicyclic) bond motifs is 1. The summed E-state index contributed by atoms with van der Waals surface area (Å²) in [6, 6.07) is 9.64. The van der Waals surface area contributed by atoms with Crippen LogP contribution in [0.4, 0.5) is 4.39 Å². The molecule has 1 spiro atoms. The fourth-order valence-electron chi connectivity index (χ4n) is 4.20. The molecule has 0 aliphatic carbocycles. The third kappa shape index (κ3) is 3.06. The molecule has 4 rings (SSSR count). The van der Waals surface area contributed by atoms with Crippen molar-refractivity contribution in [3.63, 3.8) is 0 Å². The molecular formula is C20H21FN2O3S. The maximum absolute atomic E-state index is 14.6. The van der Waals surface area contributed by atoms with E-state index in [1.165, 1.54) is 12.1 Å². The van der Waals surface area contributed by atoms with Gasteiger partial charge in [0.15, 0.2) is 22.3 Å². The van der Waals surface area contributed by atoms with Gasteiger partial charge in [0.25, 0.3) is 0 Å². The molecule has 0 saturated carbocycles. The molecule has 2 aromatic carbocycles. The van der Waals surface area contributed by atoms with Gasteiger partial charge in [-0.2, -0.15) is 0 Å². The van der Waals surface area contributed by atoms with Crippen LogP contribution in [0.25, 0.3) is 0 Å². The molecule has 27 heavy (non-hydrogen) atoms. The molecule has 5 nitrogen and oxygen atoms in total. The number of thiocarbonyl (C=S) groups is 1. The second-order valence-electron chi connectivity index (χ2n) is 7.87. The van der Waals surface area contributed by atoms with Gasteiger partial charge in [0.2, 0.25) is 5.75 Å². The zero-order valence-corrected chi connectivity index (χ0v) is 15.9. The van der Waals surface area contributed by atoms with Gasteiger partial charge in [-0.3, -0.25) is 0 Å². The van der Waals surface area contributed by atoms with Crippen LogP contribution < -0.4 is 15.4 Å². The van der Waals surface area contributed by atoms with E-state index in [2.05, 4.69) is 10.6 Å². The first-order valence-electron chi connectivity index (χ1n) is 8.78. The Bertz CT molecular complexity index is 933. The second-order valence-corrected chi connectivity index (χ2v) is 8.27. The highest BCUT2D eigenvalue weighted by atomic mass is 32.1. The van der Waals surface area contributed by atoms with Crippen LogP contribution in [0.3, 0.4) is 0 Å². The van der Waals surface area contributed by atoms with Gasteiger partial charge in [-0.1, -0.05) is 24.3 Å². The molecule has 142 valence electrons. The van der Waals surface area contributed by atoms with E-state index in [0.717, 1.165) is 0 Å². The highest BCUT2D eigenvalue weighted by Gasteiger charge is 2.49. The molecule has 0 bridgehead atoms. The van der Waals surface area contributed by atoms with E-state index in [-0.39, 0.29) is 34.5 Å². The fraction of sp³-hybridized carbons (Fsp3) is 0.350. The minimum absolute atomic E-state index is 0.155. The number of phenolic OH excluding ortho intramolecular Hbond substituents is 2. The molecule has 1 fully saturated rings. The summed E-state index contributed by atoms with van der Waals surface area (Å²) < 4.78 is 20.8. The summed E-state index contributed by atoms with van der Waals surface area (Å²) in [6.45, 7) is 4.00. The largest absolute Gasteiger partial charge is 0.504 e. The van der Waals surface area contributed by atoms with Crippen LogP contribution >= 0.6 is 12.2 Å². The minimum Gasteiger partial charge on any atom is -0.504 e. The van der Waals surface area contributed by atoms with Crippen LogP contribution in [0.2, 0.25) is 0 Å². The highest BCUT2D eigenvalue weighted by molar-refractivity contribution is 7.80. The second kappa shape index (κ2) is 5.99. The molecule has 2 aromatic rings. The number of aromatic hydroxyl groups is 2.